The number of rotatable bonds is 3. The standard InChI is InChI=1S/C10H8F4O2/c1-16-5-9(15)7-4-6(11)2-3-8(7)10(12,13)14/h2-4H,5H2,1H3. The molecule has 1 rings (SSSR count). The van der Waals surface area contributed by atoms with Crippen molar-refractivity contribution in [2.45, 2.75) is 6.18 Å². The van der Waals surface area contributed by atoms with Gasteiger partial charge in [-0.3, -0.25) is 4.79 Å². The third-order valence-electron chi connectivity index (χ3n) is 1.86. The normalized spacial score (nSPS) is 11.6. The van der Waals surface area contributed by atoms with Crippen molar-refractivity contribution in [1.82, 2.24) is 0 Å². The van der Waals surface area contributed by atoms with Gasteiger partial charge < -0.3 is 4.74 Å². The summed E-state index contributed by atoms with van der Waals surface area (Å²) in [5.41, 5.74) is -1.87. The Kier molecular flexibility index (Phi) is 3.64. The predicted octanol–water partition coefficient (Wildman–Crippen LogP) is 2.67. The molecule has 0 N–H and O–H groups in total. The Bertz CT molecular complexity index is 398. The average Bonchev–Trinajstić information content (AvgIpc) is 2.16. The zero-order valence-corrected chi connectivity index (χ0v) is 8.27. The number of methoxy groups -OCH3 is 1. The topological polar surface area (TPSA) is 26.3 Å². The molecule has 0 radical (unpaired) electrons. The maximum Gasteiger partial charge on any atom is 0.417 e. The van der Waals surface area contributed by atoms with Gasteiger partial charge in [0.1, 0.15) is 12.4 Å². The van der Waals surface area contributed by atoms with Crippen molar-refractivity contribution in [3.05, 3.63) is 35.1 Å². The molecule has 1 aromatic rings. The quantitative estimate of drug-likeness (QED) is 0.595. The van der Waals surface area contributed by atoms with Crippen LogP contribution in [0.5, 0.6) is 0 Å². The number of halogens is 4. The molecule has 6 heteroatoms. The molecule has 0 fully saturated rings. The minimum atomic E-state index is -4.69. The Morgan fingerprint density at radius 1 is 1.38 bits per heavy atom. The maximum absolute atomic E-state index is 12.8. The Morgan fingerprint density at radius 3 is 2.50 bits per heavy atom. The molecule has 16 heavy (non-hydrogen) atoms. The van der Waals surface area contributed by atoms with Crippen LogP contribution in [0.4, 0.5) is 17.6 Å². The highest BCUT2D eigenvalue weighted by atomic mass is 19.4. The minimum Gasteiger partial charge on any atom is -0.377 e. The molecule has 0 aliphatic heterocycles. The largest absolute Gasteiger partial charge is 0.417 e. The van der Waals surface area contributed by atoms with Gasteiger partial charge in [-0.15, -0.1) is 0 Å². The fourth-order valence-corrected chi connectivity index (χ4v) is 1.20. The Hall–Kier alpha value is -1.43. The first-order valence-corrected chi connectivity index (χ1v) is 4.25. The van der Waals surface area contributed by atoms with Crippen LogP contribution in [0, 0.1) is 5.82 Å². The Balaban J connectivity index is 3.24. The van der Waals surface area contributed by atoms with Crippen LogP contribution >= 0.6 is 0 Å². The maximum atomic E-state index is 12.8. The van der Waals surface area contributed by atoms with Gasteiger partial charge in [-0.1, -0.05) is 0 Å². The second-order valence-electron chi connectivity index (χ2n) is 3.04. The summed E-state index contributed by atoms with van der Waals surface area (Å²) < 4.78 is 54.6. The van der Waals surface area contributed by atoms with Gasteiger partial charge in [-0.25, -0.2) is 4.39 Å². The predicted molar refractivity (Wildman–Crippen MR) is 47.6 cm³/mol. The summed E-state index contributed by atoms with van der Waals surface area (Å²) in [6.07, 6.45) is -4.69. The highest BCUT2D eigenvalue weighted by molar-refractivity contribution is 5.98. The molecule has 0 amide bonds. The van der Waals surface area contributed by atoms with E-state index in [0.29, 0.717) is 18.2 Å². The second kappa shape index (κ2) is 4.61. The van der Waals surface area contributed by atoms with E-state index in [1.807, 2.05) is 0 Å². The van der Waals surface area contributed by atoms with Gasteiger partial charge in [0.05, 0.1) is 5.56 Å². The van der Waals surface area contributed by atoms with Crippen molar-refractivity contribution >= 4 is 5.78 Å². The molecule has 0 spiro atoms. The SMILES string of the molecule is COCC(=O)c1cc(F)ccc1C(F)(F)F. The molecule has 0 aliphatic carbocycles. The van der Waals surface area contributed by atoms with E-state index in [0.717, 1.165) is 0 Å². The van der Waals surface area contributed by atoms with Gasteiger partial charge in [0, 0.05) is 12.7 Å². The van der Waals surface area contributed by atoms with E-state index in [4.69, 9.17) is 0 Å². The van der Waals surface area contributed by atoms with E-state index in [1.165, 1.54) is 7.11 Å². The summed E-state index contributed by atoms with van der Waals surface area (Å²) in [7, 11) is 1.17. The van der Waals surface area contributed by atoms with E-state index >= 15 is 0 Å². The highest BCUT2D eigenvalue weighted by Crippen LogP contribution is 2.32. The first-order chi connectivity index (χ1) is 7.36. The summed E-state index contributed by atoms with van der Waals surface area (Å²) in [6.45, 7) is -0.521. The highest BCUT2D eigenvalue weighted by Gasteiger charge is 2.35. The number of alkyl halides is 3. The number of carbonyl (C=O) groups excluding carboxylic acids is 1. The molecular weight excluding hydrogens is 228 g/mol. The number of carbonyl (C=O) groups is 1. The molecule has 0 unspecified atom stereocenters. The molecule has 0 atom stereocenters. The van der Waals surface area contributed by atoms with E-state index < -0.39 is 35.5 Å². The van der Waals surface area contributed by atoms with Gasteiger partial charge in [0.2, 0.25) is 0 Å². The van der Waals surface area contributed by atoms with Crippen molar-refractivity contribution in [2.24, 2.45) is 0 Å². The van der Waals surface area contributed by atoms with Crippen molar-refractivity contribution in [2.75, 3.05) is 13.7 Å². The Labute approximate surface area is 88.8 Å². The van der Waals surface area contributed by atoms with Crippen molar-refractivity contribution in [3.63, 3.8) is 0 Å². The first kappa shape index (κ1) is 12.6. The number of ketones is 1. The molecule has 0 aromatic heterocycles. The van der Waals surface area contributed by atoms with Gasteiger partial charge in [0.15, 0.2) is 5.78 Å². The summed E-state index contributed by atoms with van der Waals surface area (Å²) in [6, 6.07) is 1.76. The molecule has 0 heterocycles. The van der Waals surface area contributed by atoms with Gasteiger partial charge in [-0.2, -0.15) is 13.2 Å². The van der Waals surface area contributed by atoms with E-state index in [-0.39, 0.29) is 0 Å². The number of benzene rings is 1. The van der Waals surface area contributed by atoms with Crippen LogP contribution < -0.4 is 0 Å². The zero-order chi connectivity index (χ0) is 12.3. The van der Waals surface area contributed by atoms with Crippen molar-refractivity contribution in [3.8, 4) is 0 Å². The molecule has 1 aromatic carbocycles. The van der Waals surface area contributed by atoms with Gasteiger partial charge >= 0.3 is 6.18 Å². The smallest absolute Gasteiger partial charge is 0.377 e. The molecule has 0 saturated heterocycles. The van der Waals surface area contributed by atoms with E-state index in [9.17, 15) is 22.4 Å². The summed E-state index contributed by atoms with van der Waals surface area (Å²) in [4.78, 5) is 11.3. The fraction of sp³-hybridized carbons (Fsp3) is 0.300. The lowest BCUT2D eigenvalue weighted by atomic mass is 10.0. The third-order valence-corrected chi connectivity index (χ3v) is 1.86. The van der Waals surface area contributed by atoms with Crippen LogP contribution in [0.1, 0.15) is 15.9 Å². The van der Waals surface area contributed by atoms with Crippen LogP contribution in [0.15, 0.2) is 18.2 Å². The molecule has 0 saturated carbocycles. The van der Waals surface area contributed by atoms with Gasteiger partial charge in [-0.05, 0) is 18.2 Å². The van der Waals surface area contributed by atoms with E-state index in [1.54, 1.807) is 0 Å². The number of hydrogen-bond acceptors (Lipinski definition) is 2. The van der Waals surface area contributed by atoms with Crippen LogP contribution in [0.2, 0.25) is 0 Å². The molecule has 0 bridgehead atoms. The average molecular weight is 236 g/mol. The molecule has 88 valence electrons. The number of Topliss-reactive ketones (excluding diaryl/α,β-unsaturated/α-hetero) is 1. The van der Waals surface area contributed by atoms with Crippen molar-refractivity contribution < 1.29 is 27.1 Å². The number of hydrogen-bond donors (Lipinski definition) is 0. The molecular formula is C10H8F4O2. The van der Waals surface area contributed by atoms with Crippen molar-refractivity contribution in [1.29, 1.82) is 0 Å². The van der Waals surface area contributed by atoms with Crippen LogP contribution in [-0.4, -0.2) is 19.5 Å². The van der Waals surface area contributed by atoms with Crippen LogP contribution in [-0.2, 0) is 10.9 Å². The lowest BCUT2D eigenvalue weighted by Gasteiger charge is -2.11. The summed E-state index contributed by atoms with van der Waals surface area (Å²) >= 11 is 0. The fourth-order valence-electron chi connectivity index (χ4n) is 1.20. The van der Waals surface area contributed by atoms with E-state index in [2.05, 4.69) is 4.74 Å². The summed E-state index contributed by atoms with van der Waals surface area (Å²) in [5.74, 6) is -1.80. The zero-order valence-electron chi connectivity index (χ0n) is 8.27. The monoisotopic (exact) mass is 236 g/mol. The van der Waals surface area contributed by atoms with Crippen LogP contribution in [0.3, 0.4) is 0 Å². The first-order valence-electron chi connectivity index (χ1n) is 4.25. The minimum absolute atomic E-state index is 0.521. The second-order valence-corrected chi connectivity index (χ2v) is 3.04. The summed E-state index contributed by atoms with van der Waals surface area (Å²) in [5, 5.41) is 0. The number of ether oxygens (including phenoxy) is 1. The van der Waals surface area contributed by atoms with Gasteiger partial charge in [0.25, 0.3) is 0 Å². The molecule has 0 aliphatic rings. The third kappa shape index (κ3) is 2.79. The lowest BCUT2D eigenvalue weighted by Crippen LogP contribution is -2.16. The molecule has 2 nitrogen and oxygen atoms in total. The van der Waals surface area contributed by atoms with Crippen LogP contribution in [0.25, 0.3) is 0 Å². The Morgan fingerprint density at radius 2 is 2.00 bits per heavy atom. The lowest BCUT2D eigenvalue weighted by molar-refractivity contribution is -0.138.